The fourth-order valence-electron chi connectivity index (χ4n) is 0.474. The first kappa shape index (κ1) is 2.35. The molecular weight excluding hydrogens is 106 g/mol. The molecule has 0 aromatic carbocycles. The highest BCUT2D eigenvalue weighted by molar-refractivity contribution is 5.73. The predicted octanol–water partition coefficient (Wildman–Crippen LogP) is -0.177. The van der Waals surface area contributed by atoms with Crippen molar-refractivity contribution in [2.24, 2.45) is 0 Å². The maximum absolute atomic E-state index is 10.4. The number of aliphatic carboxylic acids is 1. The molecule has 46 valence electrons. The van der Waals surface area contributed by atoms with Crippen LogP contribution in [0.15, 0.2) is 0 Å². The summed E-state index contributed by atoms with van der Waals surface area (Å²) in [5.74, 6) is -1.28. The molecule has 1 fully saturated rings. The van der Waals surface area contributed by atoms with Crippen LogP contribution in [0.3, 0.4) is 0 Å². The maximum atomic E-state index is 10.4. The molecular formula is C5H9NO2. The van der Waals surface area contributed by atoms with E-state index >= 15 is 0 Å². The molecule has 0 radical (unpaired) electrons. The van der Waals surface area contributed by atoms with Crippen LogP contribution in [0.5, 0.6) is 0 Å². The van der Waals surface area contributed by atoms with E-state index in [-0.39, 0.29) is 0 Å². The zero-order chi connectivity index (χ0) is 9.52. The van der Waals surface area contributed by atoms with Crippen molar-refractivity contribution in [3.63, 3.8) is 0 Å². The lowest BCUT2D eigenvalue weighted by atomic mass is 10.2. The van der Waals surface area contributed by atoms with Gasteiger partial charge in [0.25, 0.3) is 0 Å². The molecule has 3 nitrogen and oxygen atoms in total. The van der Waals surface area contributed by atoms with Crippen LogP contribution in [0.25, 0.3) is 0 Å². The summed E-state index contributed by atoms with van der Waals surface area (Å²) >= 11 is 0. The minimum absolute atomic E-state index is 1.25. The number of carboxylic acids is 1. The van der Waals surface area contributed by atoms with E-state index in [1.807, 2.05) is 0 Å². The molecule has 1 rings (SSSR count). The van der Waals surface area contributed by atoms with Crippen LogP contribution in [0.2, 0.25) is 0 Å². The minimum atomic E-state index is -2.07. The summed E-state index contributed by atoms with van der Waals surface area (Å²) in [6.07, 6.45) is -2.60. The molecule has 1 saturated heterocycles. The van der Waals surface area contributed by atoms with E-state index in [1.54, 1.807) is 0 Å². The van der Waals surface area contributed by atoms with Gasteiger partial charge in [0.1, 0.15) is 6.04 Å². The van der Waals surface area contributed by atoms with Crippen molar-refractivity contribution in [3.8, 4) is 0 Å². The second-order valence-corrected chi connectivity index (χ2v) is 1.46. The predicted molar refractivity (Wildman–Crippen MR) is 28.7 cm³/mol. The Kier molecular flexibility index (Phi) is 0.627. The van der Waals surface area contributed by atoms with Crippen LogP contribution >= 0.6 is 0 Å². The number of carboxylic acid groups (broad SMARTS) is 1. The fourth-order valence-corrected chi connectivity index (χ4v) is 0.474. The molecule has 1 heterocycles. The molecule has 1 aliphatic rings. The van der Waals surface area contributed by atoms with Gasteiger partial charge in [-0.25, -0.2) is 0 Å². The van der Waals surface area contributed by atoms with E-state index in [9.17, 15) is 4.79 Å². The Labute approximate surface area is 53.3 Å². The first-order valence-corrected chi connectivity index (χ1v) is 2.21. The van der Waals surface area contributed by atoms with Crippen LogP contribution < -0.4 is 5.32 Å². The summed E-state index contributed by atoms with van der Waals surface area (Å²) in [7, 11) is 0. The Balaban J connectivity index is 2.81. The standard InChI is InChI=1S/C5H9NO2/c7-5(8)4-2-1-3-6-4/h4,6H,1-3H2,(H,7,8)/t4-/m0/s1/i1D,2D,3D2/t1-,2+,4-. The Hall–Kier alpha value is -0.570. The van der Waals surface area contributed by atoms with E-state index in [0.717, 1.165) is 0 Å². The van der Waals surface area contributed by atoms with Gasteiger partial charge in [0, 0.05) is 5.48 Å². The highest BCUT2D eigenvalue weighted by Gasteiger charge is 2.20. The van der Waals surface area contributed by atoms with Crippen molar-refractivity contribution in [3.05, 3.63) is 0 Å². The molecule has 0 amide bonds. The van der Waals surface area contributed by atoms with Crippen LogP contribution in [0.4, 0.5) is 0 Å². The number of hydrogen-bond donors (Lipinski definition) is 2. The fraction of sp³-hybridized carbons (Fsp3) is 0.800. The van der Waals surface area contributed by atoms with Crippen molar-refractivity contribution in [1.82, 2.24) is 5.32 Å². The molecule has 2 N–H and O–H groups in total. The van der Waals surface area contributed by atoms with Crippen LogP contribution in [0.1, 0.15) is 18.3 Å². The van der Waals surface area contributed by atoms with E-state index in [2.05, 4.69) is 5.32 Å². The third kappa shape index (κ3) is 0.980. The average molecular weight is 119 g/mol. The summed E-state index contributed by atoms with van der Waals surface area (Å²) in [5, 5.41) is 10.6. The van der Waals surface area contributed by atoms with Crippen LogP contribution in [0, 0.1) is 0 Å². The van der Waals surface area contributed by atoms with Gasteiger partial charge in [-0.05, 0) is 19.3 Å². The average Bonchev–Trinajstić information content (AvgIpc) is 2.14. The molecule has 0 saturated carbocycles. The first-order valence-electron chi connectivity index (χ1n) is 4.37. The molecule has 0 spiro atoms. The zero-order valence-electron chi connectivity index (χ0n) is 8.09. The lowest BCUT2D eigenvalue weighted by molar-refractivity contribution is -0.139. The molecule has 1 aliphatic heterocycles. The quantitative estimate of drug-likeness (QED) is 0.503. The van der Waals surface area contributed by atoms with Gasteiger partial charge in [-0.1, -0.05) is 0 Å². The number of hydrogen-bond acceptors (Lipinski definition) is 2. The normalized spacial score (nSPS) is 60.2. The molecule has 0 aromatic heterocycles. The van der Waals surface area contributed by atoms with Crippen molar-refractivity contribution in [1.29, 1.82) is 0 Å². The van der Waals surface area contributed by atoms with Crippen molar-refractivity contribution in [2.75, 3.05) is 6.50 Å². The second-order valence-electron chi connectivity index (χ2n) is 1.46. The summed E-state index contributed by atoms with van der Waals surface area (Å²) < 4.78 is 28.6. The Morgan fingerprint density at radius 1 is 2.00 bits per heavy atom. The van der Waals surface area contributed by atoms with Crippen molar-refractivity contribution >= 4 is 5.97 Å². The molecule has 0 aliphatic carbocycles. The minimum Gasteiger partial charge on any atom is -0.480 e. The smallest absolute Gasteiger partial charge is 0.320 e. The topological polar surface area (TPSA) is 49.3 Å². The molecule has 0 unspecified atom stereocenters. The summed E-state index contributed by atoms with van der Waals surface area (Å²) in [6.45, 7) is -2.07. The summed E-state index contributed by atoms with van der Waals surface area (Å²) in [6, 6.07) is -1.28. The molecule has 0 bridgehead atoms. The van der Waals surface area contributed by atoms with Gasteiger partial charge in [-0.15, -0.1) is 0 Å². The molecule has 8 heavy (non-hydrogen) atoms. The Morgan fingerprint density at radius 3 is 3.00 bits per heavy atom. The molecule has 3 heteroatoms. The molecule has 3 atom stereocenters. The van der Waals surface area contributed by atoms with Gasteiger partial charge in [0.2, 0.25) is 0 Å². The third-order valence-corrected chi connectivity index (χ3v) is 0.877. The van der Waals surface area contributed by atoms with Gasteiger partial charge in [0.15, 0.2) is 0 Å². The van der Waals surface area contributed by atoms with Crippen LogP contribution in [-0.4, -0.2) is 23.6 Å². The highest BCUT2D eigenvalue weighted by atomic mass is 16.4. The Morgan fingerprint density at radius 2 is 2.75 bits per heavy atom. The van der Waals surface area contributed by atoms with E-state index in [0.29, 0.717) is 0 Å². The van der Waals surface area contributed by atoms with Crippen molar-refractivity contribution < 1.29 is 15.4 Å². The van der Waals surface area contributed by atoms with Gasteiger partial charge in [0.05, 0.1) is 0 Å². The van der Waals surface area contributed by atoms with E-state index < -0.39 is 31.3 Å². The largest absolute Gasteiger partial charge is 0.480 e. The first-order chi connectivity index (χ1) is 5.36. The lowest BCUT2D eigenvalue weighted by Crippen LogP contribution is -2.29. The number of nitrogens with one attached hydrogen (secondary N) is 1. The number of rotatable bonds is 1. The van der Waals surface area contributed by atoms with Gasteiger partial charge in [-0.2, -0.15) is 0 Å². The number of carbonyl (C=O) groups is 1. The maximum Gasteiger partial charge on any atom is 0.320 e. The van der Waals surface area contributed by atoms with E-state index in [1.165, 1.54) is 0 Å². The van der Waals surface area contributed by atoms with E-state index in [4.69, 9.17) is 10.6 Å². The SMILES string of the molecule is [2H][C@H]1[C@@H](C(=O)O)NC([2H])([2H])[C@H]1[2H]. The van der Waals surface area contributed by atoms with Gasteiger partial charge in [-0.3, -0.25) is 4.79 Å². The monoisotopic (exact) mass is 119 g/mol. The third-order valence-electron chi connectivity index (χ3n) is 0.877. The zero-order valence-corrected chi connectivity index (χ0v) is 4.09. The highest BCUT2D eigenvalue weighted by Crippen LogP contribution is 2.03. The Bertz CT molecular complexity index is 210. The molecule has 0 aromatic rings. The lowest BCUT2D eigenvalue weighted by Gasteiger charge is -1.99. The van der Waals surface area contributed by atoms with Gasteiger partial charge < -0.3 is 10.4 Å². The summed E-state index contributed by atoms with van der Waals surface area (Å²) in [4.78, 5) is 10.4. The van der Waals surface area contributed by atoms with Crippen LogP contribution in [-0.2, 0) is 4.79 Å². The van der Waals surface area contributed by atoms with Crippen molar-refractivity contribution in [2.45, 2.75) is 18.8 Å². The van der Waals surface area contributed by atoms with Gasteiger partial charge >= 0.3 is 5.97 Å². The second kappa shape index (κ2) is 2.13. The summed E-state index contributed by atoms with van der Waals surface area (Å²) in [5.41, 5.74) is 0.